The number of aromatic nitrogens is 1. The second kappa shape index (κ2) is 9.33. The summed E-state index contributed by atoms with van der Waals surface area (Å²) in [4.78, 5) is 19.1. The predicted octanol–water partition coefficient (Wildman–Crippen LogP) is 5.91. The molecule has 0 unspecified atom stereocenters. The molecule has 1 fully saturated rings. The van der Waals surface area contributed by atoms with Crippen molar-refractivity contribution in [2.45, 2.75) is 38.6 Å². The summed E-state index contributed by atoms with van der Waals surface area (Å²) in [5, 5.41) is 4.41. The Morgan fingerprint density at radius 3 is 2.34 bits per heavy atom. The number of ketones is 1. The summed E-state index contributed by atoms with van der Waals surface area (Å²) in [6.45, 7) is 2.63. The third-order valence-corrected chi connectivity index (χ3v) is 6.26. The van der Waals surface area contributed by atoms with Crippen molar-refractivity contribution < 1.29 is 13.6 Å². The van der Waals surface area contributed by atoms with Gasteiger partial charge in [0.15, 0.2) is 5.78 Å². The van der Waals surface area contributed by atoms with Crippen LogP contribution >= 0.6 is 0 Å². The summed E-state index contributed by atoms with van der Waals surface area (Å²) in [7, 11) is 4.21. The fraction of sp³-hybridized carbons (Fsp3) is 0.385. The molecule has 0 saturated heterocycles. The Labute approximate surface area is 187 Å². The Kier molecular flexibility index (Phi) is 6.51. The lowest BCUT2D eigenvalue weighted by Gasteiger charge is -2.32. The maximum Gasteiger partial charge on any atom is 0.163 e. The first kappa shape index (κ1) is 22.3. The van der Waals surface area contributed by atoms with Crippen LogP contribution in [0.2, 0.25) is 0 Å². The van der Waals surface area contributed by atoms with Gasteiger partial charge in [0.25, 0.3) is 0 Å². The molecule has 0 aliphatic heterocycles. The quantitative estimate of drug-likeness (QED) is 0.487. The first-order valence-electron chi connectivity index (χ1n) is 11.1. The molecule has 168 valence electrons. The molecule has 0 amide bonds. The molecule has 2 aromatic carbocycles. The van der Waals surface area contributed by atoms with E-state index in [1.54, 1.807) is 12.3 Å². The van der Waals surface area contributed by atoms with Gasteiger partial charge in [0.05, 0.1) is 16.8 Å². The molecule has 0 radical (unpaired) electrons. The van der Waals surface area contributed by atoms with E-state index in [4.69, 9.17) is 0 Å². The molecule has 1 aliphatic carbocycles. The van der Waals surface area contributed by atoms with E-state index in [1.807, 2.05) is 12.1 Å². The minimum Gasteiger partial charge on any atom is -0.381 e. The number of carbonyl (C=O) groups is 1. The zero-order valence-corrected chi connectivity index (χ0v) is 18.8. The number of rotatable bonds is 6. The highest BCUT2D eigenvalue weighted by molar-refractivity contribution is 6.07. The van der Waals surface area contributed by atoms with Crippen LogP contribution in [-0.4, -0.2) is 42.3 Å². The summed E-state index contributed by atoms with van der Waals surface area (Å²) in [5.74, 6) is -0.614. The van der Waals surface area contributed by atoms with E-state index >= 15 is 0 Å². The molecule has 3 aromatic rings. The Bertz CT molecular complexity index is 1120. The average molecular weight is 438 g/mol. The number of fused-ring (bicyclic) bond motifs is 1. The maximum absolute atomic E-state index is 13.8. The lowest BCUT2D eigenvalue weighted by Crippen LogP contribution is -2.31. The van der Waals surface area contributed by atoms with Crippen molar-refractivity contribution >= 4 is 22.4 Å². The summed E-state index contributed by atoms with van der Waals surface area (Å²) >= 11 is 0. The molecule has 0 atom stereocenters. The molecule has 1 aromatic heterocycles. The molecular weight excluding hydrogens is 408 g/mol. The predicted molar refractivity (Wildman–Crippen MR) is 125 cm³/mol. The molecule has 0 bridgehead atoms. The minimum atomic E-state index is -0.622. The van der Waals surface area contributed by atoms with Crippen molar-refractivity contribution in [2.24, 2.45) is 5.92 Å². The summed E-state index contributed by atoms with van der Waals surface area (Å²) < 4.78 is 27.6. The summed E-state index contributed by atoms with van der Waals surface area (Å²) in [6, 6.07) is 9.25. The van der Waals surface area contributed by atoms with Crippen molar-refractivity contribution in [1.29, 1.82) is 0 Å². The highest BCUT2D eigenvalue weighted by atomic mass is 19.1. The van der Waals surface area contributed by atoms with Crippen LogP contribution in [0.4, 0.5) is 14.5 Å². The van der Waals surface area contributed by atoms with E-state index in [0.29, 0.717) is 22.6 Å². The van der Waals surface area contributed by atoms with Crippen molar-refractivity contribution in [3.8, 4) is 11.1 Å². The highest BCUT2D eigenvalue weighted by Gasteiger charge is 2.23. The highest BCUT2D eigenvalue weighted by Crippen LogP contribution is 2.34. The van der Waals surface area contributed by atoms with Crippen LogP contribution in [0.15, 0.2) is 42.6 Å². The normalized spacial score (nSPS) is 18.8. The van der Waals surface area contributed by atoms with Crippen LogP contribution in [0.1, 0.15) is 43.0 Å². The molecule has 1 N–H and O–H groups in total. The third-order valence-electron chi connectivity index (χ3n) is 6.26. The van der Waals surface area contributed by atoms with Crippen molar-refractivity contribution in [3.63, 3.8) is 0 Å². The SMILES string of the molecule is CC(=O)c1cnc2ccc(-c3cc(F)cc(F)c3)cc2c1NC1CCC(CN(C)C)CC1. The van der Waals surface area contributed by atoms with Gasteiger partial charge in [0.2, 0.25) is 0 Å². The largest absolute Gasteiger partial charge is 0.381 e. The van der Waals surface area contributed by atoms with Gasteiger partial charge in [0.1, 0.15) is 11.6 Å². The molecule has 1 aliphatic rings. The zero-order valence-electron chi connectivity index (χ0n) is 18.8. The van der Waals surface area contributed by atoms with E-state index in [1.165, 1.54) is 19.1 Å². The number of halogens is 2. The third kappa shape index (κ3) is 4.96. The van der Waals surface area contributed by atoms with Crippen LogP contribution in [0.3, 0.4) is 0 Å². The number of pyridine rings is 1. The number of hydrogen-bond donors (Lipinski definition) is 1. The number of nitrogens with one attached hydrogen (secondary N) is 1. The van der Waals surface area contributed by atoms with E-state index < -0.39 is 11.6 Å². The van der Waals surface area contributed by atoms with Gasteiger partial charge < -0.3 is 10.2 Å². The van der Waals surface area contributed by atoms with E-state index in [-0.39, 0.29) is 11.8 Å². The number of benzene rings is 2. The van der Waals surface area contributed by atoms with Crippen LogP contribution < -0.4 is 5.32 Å². The molecule has 4 rings (SSSR count). The fourth-order valence-electron chi connectivity index (χ4n) is 4.72. The number of anilines is 1. The Morgan fingerprint density at radius 1 is 1.03 bits per heavy atom. The summed E-state index contributed by atoms with van der Waals surface area (Å²) in [5.41, 5.74) is 3.16. The Balaban J connectivity index is 1.69. The number of nitrogens with zero attached hydrogens (tertiary/aromatic N) is 2. The van der Waals surface area contributed by atoms with Crippen LogP contribution in [0, 0.1) is 17.6 Å². The van der Waals surface area contributed by atoms with Gasteiger partial charge in [-0.3, -0.25) is 9.78 Å². The van der Waals surface area contributed by atoms with Crippen LogP contribution in [0.25, 0.3) is 22.0 Å². The van der Waals surface area contributed by atoms with Gasteiger partial charge in [-0.15, -0.1) is 0 Å². The van der Waals surface area contributed by atoms with Gasteiger partial charge in [-0.05, 0) is 88.0 Å². The lowest BCUT2D eigenvalue weighted by molar-refractivity contribution is 0.101. The minimum absolute atomic E-state index is 0.0644. The van der Waals surface area contributed by atoms with E-state index in [0.717, 1.165) is 54.9 Å². The molecule has 1 heterocycles. The van der Waals surface area contributed by atoms with Gasteiger partial charge in [-0.2, -0.15) is 0 Å². The average Bonchev–Trinajstić information content (AvgIpc) is 2.73. The fourth-order valence-corrected chi connectivity index (χ4v) is 4.72. The number of hydrogen-bond acceptors (Lipinski definition) is 4. The first-order valence-corrected chi connectivity index (χ1v) is 11.1. The molecule has 4 nitrogen and oxygen atoms in total. The molecule has 6 heteroatoms. The van der Waals surface area contributed by atoms with Gasteiger partial charge >= 0.3 is 0 Å². The Morgan fingerprint density at radius 2 is 1.72 bits per heavy atom. The van der Waals surface area contributed by atoms with Crippen molar-refractivity contribution in [1.82, 2.24) is 9.88 Å². The standard InChI is InChI=1S/C26H29F2N3O/c1-16(32)24-14-29-25-9-6-18(19-10-20(27)13-21(28)11-19)12-23(25)26(24)30-22-7-4-17(5-8-22)15-31(2)3/h6,9-14,17,22H,4-5,7-8,15H2,1-3H3,(H,29,30). The van der Waals surface area contributed by atoms with Crippen LogP contribution in [0.5, 0.6) is 0 Å². The molecule has 1 saturated carbocycles. The maximum atomic E-state index is 13.8. The number of carbonyl (C=O) groups excluding carboxylic acids is 1. The van der Waals surface area contributed by atoms with E-state index in [2.05, 4.69) is 29.3 Å². The topological polar surface area (TPSA) is 45.2 Å². The van der Waals surface area contributed by atoms with Gasteiger partial charge in [-0.1, -0.05) is 6.07 Å². The lowest BCUT2D eigenvalue weighted by atomic mass is 9.85. The van der Waals surface area contributed by atoms with Crippen LogP contribution in [-0.2, 0) is 0 Å². The number of Topliss-reactive ketones (excluding diaryl/α,β-unsaturated/α-hetero) is 1. The van der Waals surface area contributed by atoms with E-state index in [9.17, 15) is 13.6 Å². The molecule has 32 heavy (non-hydrogen) atoms. The van der Waals surface area contributed by atoms with Crippen molar-refractivity contribution in [2.75, 3.05) is 26.0 Å². The van der Waals surface area contributed by atoms with Gasteiger partial charge in [0, 0.05) is 30.2 Å². The molecule has 0 spiro atoms. The second-order valence-electron chi connectivity index (χ2n) is 9.12. The monoisotopic (exact) mass is 437 g/mol. The molecular formula is C26H29F2N3O. The van der Waals surface area contributed by atoms with Gasteiger partial charge in [-0.25, -0.2) is 8.78 Å². The second-order valence-corrected chi connectivity index (χ2v) is 9.12. The first-order chi connectivity index (χ1) is 15.3. The zero-order chi connectivity index (χ0) is 22.8. The summed E-state index contributed by atoms with van der Waals surface area (Å²) in [6.07, 6.45) is 5.97. The smallest absolute Gasteiger partial charge is 0.163 e. The van der Waals surface area contributed by atoms with Crippen molar-refractivity contribution in [3.05, 3.63) is 59.8 Å². The Hall–Kier alpha value is -2.86.